The van der Waals surface area contributed by atoms with Gasteiger partial charge in [-0.2, -0.15) is 34.0 Å². The van der Waals surface area contributed by atoms with E-state index in [9.17, 15) is 0 Å². The van der Waals surface area contributed by atoms with Gasteiger partial charge in [0, 0.05) is 112 Å². The molecule has 0 fully saturated rings. The molecule has 0 saturated heterocycles. The number of thiophene rings is 3. The van der Waals surface area contributed by atoms with Gasteiger partial charge in [0.15, 0.2) is 0 Å². The zero-order chi connectivity index (χ0) is 75.4. The van der Waals surface area contributed by atoms with E-state index >= 15 is 0 Å². The van der Waals surface area contributed by atoms with Crippen LogP contribution in [0.25, 0.3) is 128 Å². The van der Waals surface area contributed by atoms with E-state index in [-0.39, 0.29) is 60.3 Å². The van der Waals surface area contributed by atoms with Crippen molar-refractivity contribution in [3.63, 3.8) is 0 Å². The van der Waals surface area contributed by atoms with Crippen molar-refractivity contribution in [2.45, 2.75) is 79.7 Å². The fourth-order valence-electron chi connectivity index (χ4n) is 12.4. The van der Waals surface area contributed by atoms with Crippen LogP contribution >= 0.6 is 34.0 Å². The second kappa shape index (κ2) is 38.6. The Morgan fingerprint density at radius 2 is 0.640 bits per heavy atom. The van der Waals surface area contributed by atoms with Gasteiger partial charge in [0.1, 0.15) is 0 Å². The first-order chi connectivity index (χ1) is 52.2. The van der Waals surface area contributed by atoms with Gasteiger partial charge in [0.05, 0.1) is 24.2 Å². The Morgan fingerprint density at radius 1 is 0.261 bits per heavy atom. The molecule has 0 amide bonds. The number of fused-ring (bicyclic) bond motifs is 9. The topological polar surface area (TPSA) is 77.3 Å². The minimum absolute atomic E-state index is 0. The molecule has 0 aliphatic carbocycles. The SMILES string of the molecule is Cc1ccc(-c2[c-]ccc3c2sc2c([Si](C)(C)C)cccc23)nc1.Cc1ccc(-c2[c-]ccc3c2sc2cc([Si](C)(C)C)ccc23)nc1.Cc1ccc(-c2[c-]ccc3c2sc2ccc([Si](C)(C)C)cc23)nc1.[Ir].[Ir].[Ir].[c-]1ccccc1-c1ccccn1.[c-]1ccccc1-c1ccccn1.[c-]1ccccc1-c1ccccn1. The van der Waals surface area contributed by atoms with Gasteiger partial charge < -0.3 is 29.9 Å². The van der Waals surface area contributed by atoms with Crippen molar-refractivity contribution < 1.29 is 60.3 Å². The Bertz CT molecular complexity index is 5640. The predicted octanol–water partition coefficient (Wildman–Crippen LogP) is 24.9. The summed E-state index contributed by atoms with van der Waals surface area (Å²) in [5.41, 5.74) is 15.9. The summed E-state index contributed by atoms with van der Waals surface area (Å²) >= 11 is 5.62. The average Bonchev–Trinajstić information content (AvgIpc) is 1.61. The average molecular weight is 2080 g/mol. The van der Waals surface area contributed by atoms with Gasteiger partial charge in [0.25, 0.3) is 0 Å². The van der Waals surface area contributed by atoms with Gasteiger partial charge in [-0.05, 0) is 137 Å². The maximum Gasteiger partial charge on any atom is 0.0794 e. The van der Waals surface area contributed by atoms with E-state index in [1.165, 1.54) is 87.6 Å². The molecule has 0 unspecified atom stereocenters. The molecular formula is C96H84Ir3N6S3Si3-6. The van der Waals surface area contributed by atoms with Crippen LogP contribution in [0.5, 0.6) is 0 Å². The molecule has 0 bridgehead atoms. The van der Waals surface area contributed by atoms with E-state index in [0.717, 1.165) is 67.5 Å². The molecule has 18 rings (SSSR count). The Labute approximate surface area is 709 Å². The first-order valence-electron chi connectivity index (χ1n) is 36.3. The smallest absolute Gasteiger partial charge is 0.0794 e. The molecule has 3 radical (unpaired) electrons. The minimum Gasteiger partial charge on any atom is -0.305 e. The fraction of sp³-hybridized carbons (Fsp3) is 0.125. The first-order valence-corrected chi connectivity index (χ1v) is 49.2. The van der Waals surface area contributed by atoms with Crippen LogP contribution in [-0.4, -0.2) is 54.1 Å². The van der Waals surface area contributed by atoms with Crippen molar-refractivity contribution in [3.05, 3.63) is 345 Å². The van der Waals surface area contributed by atoms with Crippen LogP contribution in [0.2, 0.25) is 58.9 Å². The van der Waals surface area contributed by atoms with Crippen LogP contribution < -0.4 is 15.6 Å². The maximum absolute atomic E-state index is 4.62. The molecule has 111 heavy (non-hydrogen) atoms. The molecule has 9 heterocycles. The second-order valence-corrected chi connectivity index (χ2v) is 47.9. The molecule has 15 heteroatoms. The number of hydrogen-bond donors (Lipinski definition) is 0. The van der Waals surface area contributed by atoms with Crippen molar-refractivity contribution in [1.29, 1.82) is 0 Å². The van der Waals surface area contributed by atoms with Crippen molar-refractivity contribution in [2.75, 3.05) is 0 Å². The number of pyridine rings is 6. The van der Waals surface area contributed by atoms with Crippen LogP contribution in [-0.2, 0) is 60.3 Å². The van der Waals surface area contributed by atoms with Gasteiger partial charge in [-0.1, -0.05) is 201 Å². The number of hydrogen-bond acceptors (Lipinski definition) is 9. The zero-order valence-electron chi connectivity index (χ0n) is 64.1. The van der Waals surface area contributed by atoms with Gasteiger partial charge in [-0.25, -0.2) is 0 Å². The Hall–Kier alpha value is -8.86. The van der Waals surface area contributed by atoms with Crippen molar-refractivity contribution in [2.24, 2.45) is 0 Å². The van der Waals surface area contributed by atoms with Crippen LogP contribution in [0.4, 0.5) is 0 Å². The Kier molecular flexibility index (Phi) is 29.4. The van der Waals surface area contributed by atoms with Gasteiger partial charge >= 0.3 is 0 Å². The van der Waals surface area contributed by atoms with Crippen molar-refractivity contribution >= 4 is 134 Å². The number of aryl methyl sites for hydroxylation is 3. The standard InChI is InChI=1S/3C21H20NSSi.3C11H8N.3Ir/c1-14-11-12-18(22-13-14)17-9-5-7-15-16-8-6-10-19(24(2,3)4)21(16)23-20(15)17;1-14-8-11-19(22-13-14)18-7-5-6-17-16-10-9-15(24(2,3)4)12-20(16)23-21(17)18;1-14-8-10-19(22-13-14)17-7-5-6-16-18-12-15(24(2,3)4)9-11-20(18)23-21(16)17;3*1-2-6-10(7-3-1)11-8-4-5-9-12-11;;;/h5-8,10-13H,1-4H3;2*5-6,8-13H,1-4H3;3*1-6,8-9H;;;/q6*-1;;;. The predicted molar refractivity (Wildman–Crippen MR) is 473 cm³/mol. The molecule has 0 aliphatic rings. The number of nitrogens with zero attached hydrogens (tertiary/aromatic N) is 6. The molecule has 18 aromatic rings. The Morgan fingerprint density at radius 3 is 1.02 bits per heavy atom. The van der Waals surface area contributed by atoms with Crippen LogP contribution in [0.1, 0.15) is 16.7 Å². The number of aromatic nitrogens is 6. The third kappa shape index (κ3) is 21.1. The van der Waals surface area contributed by atoms with E-state index in [0.29, 0.717) is 0 Å². The van der Waals surface area contributed by atoms with E-state index in [1.807, 2.05) is 198 Å². The normalized spacial score (nSPS) is 11.0. The summed E-state index contributed by atoms with van der Waals surface area (Å²) in [4.78, 5) is 26.5. The summed E-state index contributed by atoms with van der Waals surface area (Å²) in [6.07, 6.45) is 11.2. The molecule has 9 aromatic heterocycles. The molecule has 561 valence electrons. The zero-order valence-corrected chi connectivity index (χ0v) is 76.8. The summed E-state index contributed by atoms with van der Waals surface area (Å²) in [6.45, 7) is 27.9. The molecular weight excluding hydrogens is 1990 g/mol. The molecule has 0 atom stereocenters. The van der Waals surface area contributed by atoms with Crippen LogP contribution in [0, 0.1) is 57.2 Å². The van der Waals surface area contributed by atoms with E-state index < -0.39 is 24.2 Å². The monoisotopic (exact) mass is 2080 g/mol. The van der Waals surface area contributed by atoms with Gasteiger partial charge in [0.2, 0.25) is 0 Å². The third-order valence-corrected chi connectivity index (χ3v) is 28.3. The van der Waals surface area contributed by atoms with Crippen molar-refractivity contribution in [3.8, 4) is 67.5 Å². The molecule has 6 nitrogen and oxygen atoms in total. The third-order valence-electron chi connectivity index (χ3n) is 18.3. The quantitative estimate of drug-likeness (QED) is 0.106. The fourth-order valence-corrected chi connectivity index (χ4v) is 21.0. The van der Waals surface area contributed by atoms with E-state index in [2.05, 4.69) is 255 Å². The summed E-state index contributed by atoms with van der Waals surface area (Å²) < 4.78 is 8.04. The Balaban J connectivity index is 0.000000145. The molecule has 9 aromatic carbocycles. The largest absolute Gasteiger partial charge is 0.305 e. The van der Waals surface area contributed by atoms with Gasteiger partial charge in [-0.3, -0.25) is 0 Å². The minimum atomic E-state index is -1.38. The summed E-state index contributed by atoms with van der Waals surface area (Å²) in [5.74, 6) is 0. The second-order valence-electron chi connectivity index (χ2n) is 29.6. The van der Waals surface area contributed by atoms with Crippen LogP contribution in [0.3, 0.4) is 0 Å². The maximum atomic E-state index is 4.62. The summed E-state index contributed by atoms with van der Waals surface area (Å²) in [5, 5.41) is 12.6. The molecule has 0 spiro atoms. The number of rotatable bonds is 9. The van der Waals surface area contributed by atoms with E-state index in [1.54, 1.807) is 23.8 Å². The molecule has 0 N–H and O–H groups in total. The van der Waals surface area contributed by atoms with Crippen LogP contribution in [0.15, 0.2) is 292 Å². The van der Waals surface area contributed by atoms with E-state index in [4.69, 9.17) is 0 Å². The first kappa shape index (κ1) is 84.6. The van der Waals surface area contributed by atoms with Gasteiger partial charge in [-0.15, -0.1) is 179 Å². The summed E-state index contributed by atoms with van der Waals surface area (Å²) in [7, 11) is -3.99. The molecule has 0 aliphatic heterocycles. The molecule has 0 saturated carbocycles. The summed E-state index contributed by atoms with van der Waals surface area (Å²) in [6, 6.07) is 107. The van der Waals surface area contributed by atoms with Crippen molar-refractivity contribution in [1.82, 2.24) is 29.9 Å². The number of benzene rings is 9.